The average molecular weight is 400 g/mol. The van der Waals surface area contributed by atoms with Gasteiger partial charge in [0.2, 0.25) is 5.43 Å². The number of piperidine rings is 1. The van der Waals surface area contributed by atoms with E-state index in [9.17, 15) is 19.1 Å². The minimum atomic E-state index is -1.31. The monoisotopic (exact) mass is 400 g/mol. The molecule has 2 aromatic rings. The predicted octanol–water partition coefficient (Wildman–Crippen LogP) is 2.83. The molecular weight excluding hydrogens is 375 g/mol. The van der Waals surface area contributed by atoms with Gasteiger partial charge in [-0.05, 0) is 38.2 Å². The molecule has 1 aliphatic heterocycles. The number of carbonyl (C=O) groups is 1. The van der Waals surface area contributed by atoms with E-state index in [0.29, 0.717) is 25.3 Å². The topological polar surface area (TPSA) is 101 Å². The van der Waals surface area contributed by atoms with Crippen LogP contribution in [-0.2, 0) is 0 Å². The number of nitrogens with two attached hydrogens (primary N) is 1. The Balaban J connectivity index is 1.76. The van der Waals surface area contributed by atoms with Gasteiger partial charge in [-0.25, -0.2) is 14.2 Å². The van der Waals surface area contributed by atoms with E-state index in [1.165, 1.54) is 17.3 Å². The van der Waals surface area contributed by atoms with Crippen LogP contribution in [0.3, 0.4) is 0 Å². The standard InChI is InChI=1S/C21H25FN4O3/c1-2-12(10-23)13-5-7-25(8-6-13)20-17(22)9-15-18(27)16(21(28)29)11-26(14-3-4-14)19(15)24-20/h9,11,14H,2-8,10,23H2,1H3,(H,28,29). The molecule has 0 aromatic carbocycles. The van der Waals surface area contributed by atoms with Crippen LogP contribution >= 0.6 is 0 Å². The van der Waals surface area contributed by atoms with Crippen molar-refractivity contribution in [2.24, 2.45) is 5.73 Å². The first-order valence-electron chi connectivity index (χ1n) is 10.1. The fourth-order valence-corrected chi connectivity index (χ4v) is 4.12. The molecule has 3 heterocycles. The second-order valence-electron chi connectivity index (χ2n) is 7.73. The van der Waals surface area contributed by atoms with Crippen LogP contribution in [0.1, 0.15) is 55.4 Å². The molecule has 0 atom stereocenters. The van der Waals surface area contributed by atoms with Crippen LogP contribution in [0.2, 0.25) is 0 Å². The van der Waals surface area contributed by atoms with E-state index in [-0.39, 0.29) is 22.8 Å². The number of hydrogen-bond acceptors (Lipinski definition) is 5. The molecule has 1 aliphatic carbocycles. The lowest BCUT2D eigenvalue weighted by atomic mass is 9.96. The molecule has 8 heteroatoms. The van der Waals surface area contributed by atoms with Crippen LogP contribution in [0.25, 0.3) is 11.0 Å². The van der Waals surface area contributed by atoms with Crippen molar-refractivity contribution >= 4 is 22.8 Å². The SMILES string of the molecule is CCC(CN)=C1CCN(c2nc3c(cc2F)c(=O)c(C(=O)O)cn3C2CC2)CC1. The van der Waals surface area contributed by atoms with Gasteiger partial charge in [0, 0.05) is 31.9 Å². The first kappa shape index (κ1) is 19.6. The number of aromatic nitrogens is 2. The van der Waals surface area contributed by atoms with Crippen molar-refractivity contribution < 1.29 is 14.3 Å². The number of aromatic carboxylic acids is 1. The van der Waals surface area contributed by atoms with Gasteiger partial charge in [0.25, 0.3) is 0 Å². The van der Waals surface area contributed by atoms with Crippen molar-refractivity contribution in [2.75, 3.05) is 24.5 Å². The highest BCUT2D eigenvalue weighted by Crippen LogP contribution is 2.37. The molecule has 2 fully saturated rings. The Bertz CT molecular complexity index is 1060. The van der Waals surface area contributed by atoms with Crippen molar-refractivity contribution in [3.05, 3.63) is 45.0 Å². The summed E-state index contributed by atoms with van der Waals surface area (Å²) >= 11 is 0. The molecule has 1 saturated carbocycles. The first-order valence-corrected chi connectivity index (χ1v) is 10.1. The fraction of sp³-hybridized carbons (Fsp3) is 0.476. The number of rotatable bonds is 5. The molecular formula is C21H25FN4O3. The zero-order valence-electron chi connectivity index (χ0n) is 16.4. The van der Waals surface area contributed by atoms with Crippen LogP contribution in [0.15, 0.2) is 28.2 Å². The summed E-state index contributed by atoms with van der Waals surface area (Å²) in [6.07, 6.45) is 5.68. The summed E-state index contributed by atoms with van der Waals surface area (Å²) in [6, 6.07) is 1.25. The molecule has 3 N–H and O–H groups in total. The second-order valence-corrected chi connectivity index (χ2v) is 7.73. The average Bonchev–Trinajstić information content (AvgIpc) is 3.55. The van der Waals surface area contributed by atoms with Crippen LogP contribution in [-0.4, -0.2) is 40.3 Å². The Morgan fingerprint density at radius 2 is 2.03 bits per heavy atom. The van der Waals surface area contributed by atoms with Crippen LogP contribution < -0.4 is 16.1 Å². The summed E-state index contributed by atoms with van der Waals surface area (Å²) in [5, 5.41) is 9.36. The number of nitrogens with zero attached hydrogens (tertiary/aromatic N) is 3. The Morgan fingerprint density at radius 1 is 1.34 bits per heavy atom. The molecule has 0 amide bonds. The largest absolute Gasteiger partial charge is 0.477 e. The summed E-state index contributed by atoms with van der Waals surface area (Å²) in [4.78, 5) is 30.4. The zero-order chi connectivity index (χ0) is 20.7. The predicted molar refractivity (Wildman–Crippen MR) is 109 cm³/mol. The number of anilines is 1. The molecule has 7 nitrogen and oxygen atoms in total. The normalized spacial score (nSPS) is 17.1. The number of carboxylic acid groups (broad SMARTS) is 1. The molecule has 0 bridgehead atoms. The lowest BCUT2D eigenvalue weighted by Gasteiger charge is -2.31. The lowest BCUT2D eigenvalue weighted by molar-refractivity contribution is 0.0695. The number of carboxylic acids is 1. The summed E-state index contributed by atoms with van der Waals surface area (Å²) in [5.74, 6) is -1.68. The number of pyridine rings is 2. The summed E-state index contributed by atoms with van der Waals surface area (Å²) in [5.41, 5.74) is 7.75. The van der Waals surface area contributed by atoms with Gasteiger partial charge in [0.15, 0.2) is 11.6 Å². The lowest BCUT2D eigenvalue weighted by Crippen LogP contribution is -2.33. The first-order chi connectivity index (χ1) is 13.9. The second kappa shape index (κ2) is 7.59. The molecule has 2 aliphatic rings. The van der Waals surface area contributed by atoms with Gasteiger partial charge in [0.05, 0.1) is 5.39 Å². The highest BCUT2D eigenvalue weighted by molar-refractivity contribution is 5.92. The fourth-order valence-electron chi connectivity index (χ4n) is 4.12. The summed E-state index contributed by atoms with van der Waals surface area (Å²) in [6.45, 7) is 3.91. The third kappa shape index (κ3) is 3.53. The van der Waals surface area contributed by atoms with E-state index in [4.69, 9.17) is 5.73 Å². The van der Waals surface area contributed by atoms with E-state index >= 15 is 0 Å². The third-order valence-electron chi connectivity index (χ3n) is 5.95. The van der Waals surface area contributed by atoms with Crippen molar-refractivity contribution in [3.63, 3.8) is 0 Å². The number of fused-ring (bicyclic) bond motifs is 1. The molecule has 154 valence electrons. The molecule has 1 saturated heterocycles. The number of halogens is 1. The van der Waals surface area contributed by atoms with Crippen LogP contribution in [0, 0.1) is 5.82 Å². The summed E-state index contributed by atoms with van der Waals surface area (Å²) in [7, 11) is 0. The molecule has 0 spiro atoms. The minimum absolute atomic E-state index is 0.0204. The van der Waals surface area contributed by atoms with Gasteiger partial charge in [-0.1, -0.05) is 18.1 Å². The maximum absolute atomic E-state index is 14.9. The Hall–Kier alpha value is -2.74. The van der Waals surface area contributed by atoms with Crippen molar-refractivity contribution in [2.45, 2.75) is 45.1 Å². The van der Waals surface area contributed by atoms with Gasteiger partial charge < -0.3 is 20.3 Å². The maximum Gasteiger partial charge on any atom is 0.341 e. The van der Waals surface area contributed by atoms with Gasteiger partial charge >= 0.3 is 5.97 Å². The van der Waals surface area contributed by atoms with Crippen molar-refractivity contribution in [3.8, 4) is 0 Å². The Labute approximate surface area is 167 Å². The van der Waals surface area contributed by atoms with Gasteiger partial charge in [0.1, 0.15) is 11.2 Å². The Kier molecular flexibility index (Phi) is 5.12. The van der Waals surface area contributed by atoms with Gasteiger partial charge in [-0.3, -0.25) is 4.79 Å². The van der Waals surface area contributed by atoms with Gasteiger partial charge in [-0.15, -0.1) is 0 Å². The van der Waals surface area contributed by atoms with Crippen LogP contribution in [0.4, 0.5) is 10.2 Å². The molecule has 0 unspecified atom stereocenters. The number of hydrogen-bond donors (Lipinski definition) is 2. The highest BCUT2D eigenvalue weighted by Gasteiger charge is 2.29. The van der Waals surface area contributed by atoms with E-state index in [0.717, 1.165) is 38.2 Å². The molecule has 2 aromatic heterocycles. The van der Waals surface area contributed by atoms with E-state index in [1.807, 2.05) is 4.90 Å². The quantitative estimate of drug-likeness (QED) is 0.749. The minimum Gasteiger partial charge on any atom is -0.477 e. The van der Waals surface area contributed by atoms with E-state index in [1.54, 1.807) is 4.57 Å². The maximum atomic E-state index is 14.9. The van der Waals surface area contributed by atoms with E-state index in [2.05, 4.69) is 11.9 Å². The smallest absolute Gasteiger partial charge is 0.341 e. The van der Waals surface area contributed by atoms with Gasteiger partial charge in [-0.2, -0.15) is 0 Å². The van der Waals surface area contributed by atoms with Crippen molar-refractivity contribution in [1.29, 1.82) is 0 Å². The molecule has 29 heavy (non-hydrogen) atoms. The summed E-state index contributed by atoms with van der Waals surface area (Å²) < 4.78 is 16.6. The Morgan fingerprint density at radius 3 is 2.59 bits per heavy atom. The zero-order valence-corrected chi connectivity index (χ0v) is 16.4. The van der Waals surface area contributed by atoms with E-state index < -0.39 is 17.2 Å². The molecule has 4 rings (SSSR count). The highest BCUT2D eigenvalue weighted by atomic mass is 19.1. The molecule has 0 radical (unpaired) electrons. The van der Waals surface area contributed by atoms with Crippen LogP contribution in [0.5, 0.6) is 0 Å². The third-order valence-corrected chi connectivity index (χ3v) is 5.95. The van der Waals surface area contributed by atoms with Crippen molar-refractivity contribution in [1.82, 2.24) is 9.55 Å².